The van der Waals surface area contributed by atoms with Crippen molar-refractivity contribution in [2.45, 2.75) is 36.4 Å². The summed E-state index contributed by atoms with van der Waals surface area (Å²) in [5.41, 5.74) is 3.21. The molecule has 0 amide bonds. The number of aromatic nitrogens is 4. The molecule has 4 rings (SSSR count). The minimum absolute atomic E-state index is 0.0821. The predicted molar refractivity (Wildman–Crippen MR) is 93.4 cm³/mol. The van der Waals surface area contributed by atoms with Crippen LogP contribution in [0.3, 0.4) is 0 Å². The van der Waals surface area contributed by atoms with Gasteiger partial charge in [0.15, 0.2) is 11.0 Å². The maximum absolute atomic E-state index is 9.12. The Morgan fingerprint density at radius 1 is 1.00 bits per heavy atom. The van der Waals surface area contributed by atoms with Gasteiger partial charge in [0.25, 0.3) is 0 Å². The Balaban J connectivity index is 1.56. The Bertz CT molecular complexity index is 813. The van der Waals surface area contributed by atoms with Gasteiger partial charge in [-0.05, 0) is 36.1 Å². The first kappa shape index (κ1) is 15.4. The molecule has 5 nitrogen and oxygen atoms in total. The molecule has 0 unspecified atom stereocenters. The van der Waals surface area contributed by atoms with Crippen LogP contribution in [0.5, 0.6) is 0 Å². The zero-order chi connectivity index (χ0) is 16.4. The lowest BCUT2D eigenvalue weighted by Crippen LogP contribution is -2.00. The molecule has 1 aliphatic rings. The zero-order valence-corrected chi connectivity index (χ0v) is 14.0. The highest BCUT2D eigenvalue weighted by atomic mass is 32.2. The van der Waals surface area contributed by atoms with E-state index in [4.69, 9.17) is 5.11 Å². The van der Waals surface area contributed by atoms with Gasteiger partial charge in [-0.1, -0.05) is 36.0 Å². The van der Waals surface area contributed by atoms with E-state index in [0.29, 0.717) is 6.04 Å². The molecule has 122 valence electrons. The van der Waals surface area contributed by atoms with Crippen LogP contribution in [0.25, 0.3) is 11.4 Å². The van der Waals surface area contributed by atoms with Gasteiger partial charge in [0, 0.05) is 29.8 Å². The number of benzene rings is 1. The summed E-state index contributed by atoms with van der Waals surface area (Å²) in [6.45, 7) is 0.0821. The Labute approximate surface area is 144 Å². The van der Waals surface area contributed by atoms with Gasteiger partial charge in [-0.25, -0.2) is 0 Å². The molecule has 0 atom stereocenters. The molecule has 2 aromatic heterocycles. The lowest BCUT2D eigenvalue weighted by Gasteiger charge is -2.09. The van der Waals surface area contributed by atoms with E-state index in [1.165, 1.54) is 18.4 Å². The number of nitrogens with zero attached hydrogens (tertiary/aromatic N) is 4. The molecule has 0 spiro atoms. The largest absolute Gasteiger partial charge is 0.392 e. The van der Waals surface area contributed by atoms with Crippen molar-refractivity contribution in [3.8, 4) is 11.4 Å². The summed E-state index contributed by atoms with van der Waals surface area (Å²) in [7, 11) is 0. The fraction of sp³-hybridized carbons (Fsp3) is 0.278. The van der Waals surface area contributed by atoms with Crippen LogP contribution in [0.4, 0.5) is 0 Å². The van der Waals surface area contributed by atoms with Crippen molar-refractivity contribution in [3.63, 3.8) is 0 Å². The minimum Gasteiger partial charge on any atom is -0.392 e. The average Bonchev–Trinajstić information content (AvgIpc) is 3.40. The van der Waals surface area contributed by atoms with E-state index in [9.17, 15) is 0 Å². The van der Waals surface area contributed by atoms with Gasteiger partial charge >= 0.3 is 0 Å². The third kappa shape index (κ3) is 3.20. The molecule has 3 aromatic rings. The minimum atomic E-state index is 0.0821. The maximum atomic E-state index is 9.12. The molecule has 24 heavy (non-hydrogen) atoms. The maximum Gasteiger partial charge on any atom is 0.192 e. The number of thioether (sulfide) groups is 1. The third-order valence-corrected chi connectivity index (χ3v) is 5.10. The summed E-state index contributed by atoms with van der Waals surface area (Å²) in [5, 5.41) is 18.9. The smallest absolute Gasteiger partial charge is 0.192 e. The molecule has 0 aliphatic heterocycles. The van der Waals surface area contributed by atoms with E-state index in [1.807, 2.05) is 24.3 Å². The normalized spacial score (nSPS) is 14.0. The second-order valence-electron chi connectivity index (χ2n) is 5.91. The first-order valence-electron chi connectivity index (χ1n) is 8.02. The molecule has 1 saturated carbocycles. The van der Waals surface area contributed by atoms with E-state index >= 15 is 0 Å². The van der Waals surface area contributed by atoms with Gasteiger partial charge in [0.05, 0.1) is 6.61 Å². The van der Waals surface area contributed by atoms with Crippen LogP contribution in [0.15, 0.2) is 53.9 Å². The van der Waals surface area contributed by atoms with Crippen molar-refractivity contribution >= 4 is 11.8 Å². The van der Waals surface area contributed by atoms with Gasteiger partial charge in [0.2, 0.25) is 0 Å². The predicted octanol–water partition coefficient (Wildman–Crippen LogP) is 3.46. The summed E-state index contributed by atoms with van der Waals surface area (Å²) in [5.74, 6) is 1.77. The Kier molecular flexibility index (Phi) is 4.32. The molecule has 1 aromatic carbocycles. The second kappa shape index (κ2) is 6.75. The monoisotopic (exact) mass is 338 g/mol. The molecular formula is C18H18N4OS. The molecule has 0 saturated heterocycles. The lowest BCUT2D eigenvalue weighted by atomic mass is 10.2. The Morgan fingerprint density at radius 2 is 1.71 bits per heavy atom. The van der Waals surface area contributed by atoms with Crippen molar-refractivity contribution in [1.82, 2.24) is 19.7 Å². The van der Waals surface area contributed by atoms with Gasteiger partial charge in [-0.3, -0.25) is 9.55 Å². The van der Waals surface area contributed by atoms with Gasteiger partial charge in [-0.2, -0.15) is 0 Å². The average molecular weight is 338 g/mol. The Morgan fingerprint density at radius 3 is 2.38 bits per heavy atom. The van der Waals surface area contributed by atoms with E-state index in [0.717, 1.165) is 27.9 Å². The van der Waals surface area contributed by atoms with Crippen LogP contribution in [0, 0.1) is 0 Å². The fourth-order valence-electron chi connectivity index (χ4n) is 2.62. The number of hydrogen-bond donors (Lipinski definition) is 1. The number of rotatable bonds is 6. The molecule has 1 fully saturated rings. The van der Waals surface area contributed by atoms with Gasteiger partial charge < -0.3 is 5.11 Å². The van der Waals surface area contributed by atoms with Crippen molar-refractivity contribution < 1.29 is 5.11 Å². The van der Waals surface area contributed by atoms with Crippen LogP contribution >= 0.6 is 11.8 Å². The second-order valence-corrected chi connectivity index (χ2v) is 6.85. The zero-order valence-electron chi connectivity index (χ0n) is 13.2. The number of hydrogen-bond acceptors (Lipinski definition) is 5. The van der Waals surface area contributed by atoms with Gasteiger partial charge in [-0.15, -0.1) is 10.2 Å². The summed E-state index contributed by atoms with van der Waals surface area (Å²) in [4.78, 5) is 4.08. The SMILES string of the molecule is OCc1ccc(CSc2nnc(-c3ccncc3)n2C2CC2)cc1. The van der Waals surface area contributed by atoms with Crippen molar-refractivity contribution in [3.05, 3.63) is 59.9 Å². The standard InChI is InChI=1S/C18H18N4OS/c23-11-13-1-3-14(4-2-13)12-24-18-21-20-17(22(18)16-5-6-16)15-7-9-19-10-8-15/h1-4,7-10,16,23H,5-6,11-12H2. The van der Waals surface area contributed by atoms with Crippen LogP contribution in [0.1, 0.15) is 30.0 Å². The molecule has 0 bridgehead atoms. The van der Waals surface area contributed by atoms with E-state index < -0.39 is 0 Å². The van der Waals surface area contributed by atoms with Crippen LogP contribution < -0.4 is 0 Å². The van der Waals surface area contributed by atoms with E-state index in [2.05, 4.69) is 31.9 Å². The lowest BCUT2D eigenvalue weighted by molar-refractivity contribution is 0.282. The number of pyridine rings is 1. The van der Waals surface area contributed by atoms with E-state index in [1.54, 1.807) is 24.2 Å². The highest BCUT2D eigenvalue weighted by molar-refractivity contribution is 7.98. The summed E-state index contributed by atoms with van der Waals surface area (Å²) in [6, 6.07) is 12.5. The topological polar surface area (TPSA) is 63.8 Å². The van der Waals surface area contributed by atoms with Crippen molar-refractivity contribution in [2.75, 3.05) is 0 Å². The molecule has 1 aliphatic carbocycles. The fourth-order valence-corrected chi connectivity index (χ4v) is 3.59. The molecule has 6 heteroatoms. The van der Waals surface area contributed by atoms with Crippen LogP contribution in [0.2, 0.25) is 0 Å². The molecular weight excluding hydrogens is 320 g/mol. The highest BCUT2D eigenvalue weighted by Gasteiger charge is 2.30. The van der Waals surface area contributed by atoms with Crippen molar-refractivity contribution in [2.24, 2.45) is 0 Å². The number of aliphatic hydroxyl groups is 1. The first-order valence-corrected chi connectivity index (χ1v) is 9.00. The molecule has 0 radical (unpaired) electrons. The van der Waals surface area contributed by atoms with Crippen LogP contribution in [-0.4, -0.2) is 24.9 Å². The third-order valence-electron chi connectivity index (χ3n) is 4.09. The summed E-state index contributed by atoms with van der Waals surface area (Å²) in [6.07, 6.45) is 5.96. The van der Waals surface area contributed by atoms with Crippen molar-refractivity contribution in [1.29, 1.82) is 0 Å². The van der Waals surface area contributed by atoms with E-state index in [-0.39, 0.29) is 6.61 Å². The summed E-state index contributed by atoms with van der Waals surface area (Å²) < 4.78 is 2.27. The number of aliphatic hydroxyl groups excluding tert-OH is 1. The highest BCUT2D eigenvalue weighted by Crippen LogP contribution is 2.41. The van der Waals surface area contributed by atoms with Crippen LogP contribution in [-0.2, 0) is 12.4 Å². The quantitative estimate of drug-likeness (QED) is 0.697. The molecule has 2 heterocycles. The summed E-state index contributed by atoms with van der Waals surface area (Å²) >= 11 is 1.71. The molecule has 1 N–H and O–H groups in total. The first-order chi connectivity index (χ1) is 11.8. The Hall–Kier alpha value is -2.18. The van der Waals surface area contributed by atoms with Gasteiger partial charge in [0.1, 0.15) is 0 Å².